The molecule has 3 atom stereocenters. The quantitative estimate of drug-likeness (QED) is 0.359. The molecule has 0 spiro atoms. The van der Waals surface area contributed by atoms with Crippen LogP contribution in [0.25, 0.3) is 0 Å². The lowest BCUT2D eigenvalue weighted by atomic mass is 9.81. The zero-order valence-electron chi connectivity index (χ0n) is 27.0. The smallest absolute Gasteiger partial charge is 0.408 e. The van der Waals surface area contributed by atoms with E-state index in [2.05, 4.69) is 20.9 Å². The number of nitrogens with one attached hydrogen (secondary N) is 3. The van der Waals surface area contributed by atoms with Gasteiger partial charge in [0, 0.05) is 38.5 Å². The molecule has 0 unspecified atom stereocenters. The van der Waals surface area contributed by atoms with Crippen LogP contribution in [0.15, 0.2) is 29.9 Å². The number of hydrogen-bond donors (Lipinski definition) is 3. The fourth-order valence-electron chi connectivity index (χ4n) is 5.56. The molecular weight excluding hydrogens is 591 g/mol. The van der Waals surface area contributed by atoms with Crippen molar-refractivity contribution in [1.82, 2.24) is 20.4 Å². The van der Waals surface area contributed by atoms with Gasteiger partial charge in [0.15, 0.2) is 0 Å². The molecule has 2 aliphatic rings. The van der Waals surface area contributed by atoms with Crippen LogP contribution in [0.3, 0.4) is 0 Å². The van der Waals surface area contributed by atoms with Crippen molar-refractivity contribution in [3.63, 3.8) is 0 Å². The van der Waals surface area contributed by atoms with Crippen LogP contribution in [0.2, 0.25) is 0 Å². The van der Waals surface area contributed by atoms with Crippen molar-refractivity contribution in [3.8, 4) is 0 Å². The number of allylic oxidation sites excluding steroid dienone is 1. The number of anilines is 1. The third kappa shape index (κ3) is 10.2. The number of rotatable bonds is 9. The molecule has 1 aromatic rings. The molecule has 250 valence electrons. The number of piperazine rings is 1. The Hall–Kier alpha value is -3.61. The van der Waals surface area contributed by atoms with Crippen LogP contribution in [0, 0.1) is 11.7 Å². The van der Waals surface area contributed by atoms with Crippen molar-refractivity contribution in [3.05, 3.63) is 41.2 Å². The fourth-order valence-corrected chi connectivity index (χ4v) is 5.56. The Kier molecular flexibility index (Phi) is 12.4. The molecule has 3 N–H and O–H groups in total. The molecule has 1 heterocycles. The second kappa shape index (κ2) is 15.6. The van der Waals surface area contributed by atoms with E-state index >= 15 is 4.39 Å². The van der Waals surface area contributed by atoms with E-state index in [1.165, 1.54) is 12.1 Å². The van der Waals surface area contributed by atoms with E-state index in [1.807, 2.05) is 7.05 Å². The average molecular weight is 638 g/mol. The first-order valence-corrected chi connectivity index (χ1v) is 15.5. The van der Waals surface area contributed by atoms with Crippen LogP contribution in [0.5, 0.6) is 0 Å². The third-order valence-electron chi connectivity index (χ3n) is 8.32. The topological polar surface area (TPSA) is 120 Å². The molecule has 13 heteroatoms. The van der Waals surface area contributed by atoms with Gasteiger partial charge in [-0.1, -0.05) is 19.9 Å². The first-order valence-electron chi connectivity index (χ1n) is 15.5. The summed E-state index contributed by atoms with van der Waals surface area (Å²) in [7, 11) is 1.97. The summed E-state index contributed by atoms with van der Waals surface area (Å²) in [5.41, 5.74) is -0.530. The van der Waals surface area contributed by atoms with Crippen molar-refractivity contribution in [2.45, 2.75) is 90.3 Å². The van der Waals surface area contributed by atoms with Crippen LogP contribution in [-0.2, 0) is 19.1 Å². The van der Waals surface area contributed by atoms with Crippen LogP contribution in [-0.4, -0.2) is 84.5 Å². The zero-order chi connectivity index (χ0) is 33.5. The number of amides is 4. The standard InChI is InChI=1S/C32H46F3N5O5/c1-7-25(41)37-26(30(43)40-16-14-39(6)15-17-40)19(2)22-12-13-24(23(33)18-22)36-29(42)27(38-31(44)45-32(3,4)5)20-8-10-21(11-9-20)28(34)35/h12-13,18-20,26-27H,7-11,14-17H2,1-6H3,(H,36,42)(H,37,41)(H,38,44)/t19-,26+,27-/m0/s1. The van der Waals surface area contributed by atoms with Gasteiger partial charge in [0.2, 0.25) is 17.7 Å². The second-order valence-electron chi connectivity index (χ2n) is 12.9. The number of carbonyl (C=O) groups is 4. The zero-order valence-corrected chi connectivity index (χ0v) is 27.0. The van der Waals surface area contributed by atoms with E-state index in [0.29, 0.717) is 31.7 Å². The molecule has 1 aromatic carbocycles. The predicted octanol–water partition coefficient (Wildman–Crippen LogP) is 4.77. The van der Waals surface area contributed by atoms with Crippen molar-refractivity contribution in [2.24, 2.45) is 5.92 Å². The van der Waals surface area contributed by atoms with Crippen molar-refractivity contribution >= 4 is 29.5 Å². The van der Waals surface area contributed by atoms with Gasteiger partial charge in [-0.2, -0.15) is 8.78 Å². The molecule has 10 nitrogen and oxygen atoms in total. The lowest BCUT2D eigenvalue weighted by molar-refractivity contribution is -0.138. The minimum absolute atomic E-state index is 0.0259. The van der Waals surface area contributed by atoms with Crippen molar-refractivity contribution in [2.75, 3.05) is 38.5 Å². The Labute approximate surface area is 263 Å². The first kappa shape index (κ1) is 35.9. The minimum Gasteiger partial charge on any atom is -0.444 e. The number of benzene rings is 1. The molecule has 3 rings (SSSR count). The van der Waals surface area contributed by atoms with E-state index < -0.39 is 53.4 Å². The lowest BCUT2D eigenvalue weighted by Crippen LogP contribution is -2.55. The second-order valence-corrected chi connectivity index (χ2v) is 12.9. The van der Waals surface area contributed by atoms with Crippen molar-refractivity contribution < 1.29 is 37.1 Å². The molecule has 0 aromatic heterocycles. The van der Waals surface area contributed by atoms with E-state index in [-0.39, 0.29) is 55.2 Å². The number of hydrogen-bond acceptors (Lipinski definition) is 6. The monoisotopic (exact) mass is 637 g/mol. The van der Waals surface area contributed by atoms with Gasteiger partial charge in [0.05, 0.1) is 5.69 Å². The van der Waals surface area contributed by atoms with Gasteiger partial charge in [-0.15, -0.1) is 0 Å². The maximum absolute atomic E-state index is 15.5. The van der Waals surface area contributed by atoms with E-state index in [0.717, 1.165) is 0 Å². The Balaban J connectivity index is 1.80. The molecule has 1 saturated heterocycles. The lowest BCUT2D eigenvalue weighted by Gasteiger charge is -2.36. The number of ether oxygens (including phenoxy) is 1. The van der Waals surface area contributed by atoms with E-state index in [1.54, 1.807) is 45.6 Å². The predicted molar refractivity (Wildman–Crippen MR) is 164 cm³/mol. The van der Waals surface area contributed by atoms with Crippen LogP contribution in [0.1, 0.15) is 78.2 Å². The van der Waals surface area contributed by atoms with Gasteiger partial charge in [-0.3, -0.25) is 14.4 Å². The summed E-state index contributed by atoms with van der Waals surface area (Å²) >= 11 is 0. The molecular formula is C32H46F3N5O5. The van der Waals surface area contributed by atoms with E-state index in [9.17, 15) is 28.0 Å². The molecule has 45 heavy (non-hydrogen) atoms. The Morgan fingerprint density at radius 1 is 1.02 bits per heavy atom. The molecule has 0 bridgehead atoms. The summed E-state index contributed by atoms with van der Waals surface area (Å²) in [6, 6.07) is 2.08. The van der Waals surface area contributed by atoms with E-state index in [4.69, 9.17) is 4.74 Å². The highest BCUT2D eigenvalue weighted by Crippen LogP contribution is 2.34. The van der Waals surface area contributed by atoms with Gasteiger partial charge < -0.3 is 30.5 Å². The van der Waals surface area contributed by atoms with Gasteiger partial charge >= 0.3 is 6.09 Å². The van der Waals surface area contributed by atoms with Crippen molar-refractivity contribution in [1.29, 1.82) is 0 Å². The number of nitrogens with zero attached hydrogens (tertiary/aromatic N) is 2. The molecule has 0 radical (unpaired) electrons. The van der Waals surface area contributed by atoms with Crippen LogP contribution in [0.4, 0.5) is 23.7 Å². The molecule has 1 aliphatic carbocycles. The highest BCUT2D eigenvalue weighted by Gasteiger charge is 2.36. The highest BCUT2D eigenvalue weighted by atomic mass is 19.3. The van der Waals surface area contributed by atoms with Gasteiger partial charge in [0.1, 0.15) is 23.5 Å². The summed E-state index contributed by atoms with van der Waals surface area (Å²) in [4.78, 5) is 55.7. The number of halogens is 3. The van der Waals surface area contributed by atoms with Crippen LogP contribution >= 0.6 is 0 Å². The fraction of sp³-hybridized carbons (Fsp3) is 0.625. The Bertz CT molecular complexity index is 1260. The normalized spacial score (nSPS) is 19.6. The Morgan fingerprint density at radius 2 is 1.64 bits per heavy atom. The third-order valence-corrected chi connectivity index (χ3v) is 8.32. The van der Waals surface area contributed by atoms with Gasteiger partial charge in [-0.25, -0.2) is 9.18 Å². The first-order chi connectivity index (χ1) is 21.1. The minimum atomic E-state index is -1.73. The maximum Gasteiger partial charge on any atom is 0.408 e. The Morgan fingerprint density at radius 3 is 2.18 bits per heavy atom. The maximum atomic E-state index is 15.5. The summed E-state index contributed by atoms with van der Waals surface area (Å²) in [5, 5.41) is 7.88. The summed E-state index contributed by atoms with van der Waals surface area (Å²) in [5.74, 6) is -3.10. The number of likely N-dealkylation sites (N-methyl/N-ethyl adjacent to an activating group) is 1. The highest BCUT2D eigenvalue weighted by molar-refractivity contribution is 5.97. The number of alkyl carbamates (subject to hydrolysis) is 1. The summed E-state index contributed by atoms with van der Waals surface area (Å²) < 4.78 is 47.1. The SMILES string of the molecule is CCC(=O)N[C@@H](C(=O)N1CCN(C)CC1)[C@@H](C)c1ccc(NC(=O)[C@@H](NC(=O)OC(C)(C)C)C2CCC(=C(F)F)CC2)c(F)c1. The van der Waals surface area contributed by atoms with Crippen LogP contribution < -0.4 is 16.0 Å². The summed E-state index contributed by atoms with van der Waals surface area (Å²) in [6.07, 6.45) is -1.79. The van der Waals surface area contributed by atoms with Gasteiger partial charge in [0.25, 0.3) is 6.08 Å². The molecule has 1 aliphatic heterocycles. The average Bonchev–Trinajstić information content (AvgIpc) is 2.98. The molecule has 2 fully saturated rings. The largest absolute Gasteiger partial charge is 0.444 e. The summed E-state index contributed by atoms with van der Waals surface area (Å²) in [6.45, 7) is 10.8. The molecule has 4 amide bonds. The molecule has 1 saturated carbocycles. The van der Waals surface area contributed by atoms with Gasteiger partial charge in [-0.05, 0) is 82.7 Å². The number of carbonyl (C=O) groups excluding carboxylic acids is 4.